The molecule has 2 aromatic carbocycles. The quantitative estimate of drug-likeness (QED) is 0.924. The number of rotatable bonds is 2. The monoisotopic (exact) mass is 291 g/mol. The maximum Gasteiger partial charge on any atom is 0.235 e. The fourth-order valence-corrected chi connectivity index (χ4v) is 3.66. The number of fused-ring (bicyclic) bond motifs is 6. The van der Waals surface area contributed by atoms with Crippen LogP contribution in [0, 0.1) is 0 Å². The first kappa shape index (κ1) is 13.3. The smallest absolute Gasteiger partial charge is 0.235 e. The first-order chi connectivity index (χ1) is 10.8. The molecule has 0 unspecified atom stereocenters. The maximum absolute atomic E-state index is 12.9. The molecular weight excluding hydrogens is 274 g/mol. The number of aliphatic hydroxyl groups excluding tert-OH is 1. The number of hydrogen-bond acceptors (Lipinski definition) is 2. The lowest BCUT2D eigenvalue weighted by molar-refractivity contribution is -0.131. The number of allylic oxidation sites excluding steroid dienone is 1. The van der Waals surface area contributed by atoms with Crippen LogP contribution in [0.3, 0.4) is 0 Å². The Hall–Kier alpha value is -2.39. The van der Waals surface area contributed by atoms with Crippen molar-refractivity contribution in [2.75, 3.05) is 13.2 Å². The van der Waals surface area contributed by atoms with Crippen LogP contribution in [0.1, 0.15) is 23.0 Å². The van der Waals surface area contributed by atoms with Gasteiger partial charge in [0.05, 0.1) is 12.5 Å². The summed E-state index contributed by atoms with van der Waals surface area (Å²) in [6.45, 7) is 0.327. The van der Waals surface area contributed by atoms with Crippen LogP contribution in [0.5, 0.6) is 0 Å². The van der Waals surface area contributed by atoms with Crippen molar-refractivity contribution in [1.29, 1.82) is 0 Å². The van der Waals surface area contributed by atoms with Crippen LogP contribution in [-0.4, -0.2) is 29.1 Å². The van der Waals surface area contributed by atoms with Crippen molar-refractivity contribution in [2.24, 2.45) is 0 Å². The number of amides is 1. The summed E-state index contributed by atoms with van der Waals surface area (Å²) in [6.07, 6.45) is 3.92. The van der Waals surface area contributed by atoms with Crippen molar-refractivity contribution in [3.8, 4) is 11.1 Å². The third-order valence-electron chi connectivity index (χ3n) is 4.63. The van der Waals surface area contributed by atoms with Gasteiger partial charge in [-0.25, -0.2) is 0 Å². The fourth-order valence-electron chi connectivity index (χ4n) is 3.66. The van der Waals surface area contributed by atoms with Gasteiger partial charge in [0, 0.05) is 18.7 Å². The second kappa shape index (κ2) is 5.11. The van der Waals surface area contributed by atoms with Crippen LogP contribution >= 0.6 is 0 Å². The minimum absolute atomic E-state index is 0.0221. The standard InChI is InChI=1S/C19H17NO2/c21-12-11-20-10-9-17-15-7-2-1-5-13(15)14-6-3-4-8-16(14)18(17)19(20)22/h1-10,17-18,21H,11-12H2/t17-,18-/m1/s1. The number of benzene rings is 2. The second-order valence-corrected chi connectivity index (χ2v) is 5.77. The Kier molecular flexibility index (Phi) is 3.09. The summed E-state index contributed by atoms with van der Waals surface area (Å²) in [5, 5.41) is 9.16. The summed E-state index contributed by atoms with van der Waals surface area (Å²) < 4.78 is 0. The van der Waals surface area contributed by atoms with Crippen molar-refractivity contribution in [2.45, 2.75) is 11.8 Å². The molecule has 2 atom stereocenters. The Morgan fingerprint density at radius 2 is 1.59 bits per heavy atom. The third kappa shape index (κ3) is 1.82. The van der Waals surface area contributed by atoms with Gasteiger partial charge in [-0.3, -0.25) is 4.79 Å². The normalized spacial score (nSPS) is 22.0. The summed E-state index contributed by atoms with van der Waals surface area (Å²) in [5.41, 5.74) is 4.65. The summed E-state index contributed by atoms with van der Waals surface area (Å²) in [7, 11) is 0. The first-order valence-electron chi connectivity index (χ1n) is 7.59. The molecule has 0 saturated carbocycles. The van der Waals surface area contributed by atoms with Gasteiger partial charge >= 0.3 is 0 Å². The van der Waals surface area contributed by atoms with E-state index in [1.54, 1.807) is 4.90 Å². The van der Waals surface area contributed by atoms with Gasteiger partial charge in [0.2, 0.25) is 5.91 Å². The number of β-amino-alcohol motifs (C(OH)–C–C–N with tert-alkyl or cyclic N) is 1. The van der Waals surface area contributed by atoms with Crippen molar-refractivity contribution in [3.05, 3.63) is 71.9 Å². The molecule has 3 heteroatoms. The predicted molar refractivity (Wildman–Crippen MR) is 85.3 cm³/mol. The highest BCUT2D eigenvalue weighted by Crippen LogP contribution is 2.49. The molecule has 22 heavy (non-hydrogen) atoms. The van der Waals surface area contributed by atoms with Gasteiger partial charge in [0.25, 0.3) is 0 Å². The van der Waals surface area contributed by atoms with E-state index in [9.17, 15) is 4.79 Å². The molecule has 1 heterocycles. The number of aliphatic hydroxyl groups is 1. The molecule has 0 fully saturated rings. The summed E-state index contributed by atoms with van der Waals surface area (Å²) in [5.74, 6) is -0.0419. The molecule has 0 spiro atoms. The van der Waals surface area contributed by atoms with E-state index in [1.807, 2.05) is 30.5 Å². The van der Waals surface area contributed by atoms with Gasteiger partial charge in [-0.2, -0.15) is 0 Å². The zero-order chi connectivity index (χ0) is 15.1. The predicted octanol–water partition coefficient (Wildman–Crippen LogP) is 2.88. The molecule has 0 radical (unpaired) electrons. The molecule has 0 saturated heterocycles. The van der Waals surface area contributed by atoms with Gasteiger partial charge < -0.3 is 10.0 Å². The lowest BCUT2D eigenvalue weighted by atomic mass is 9.70. The molecule has 1 aliphatic carbocycles. The van der Waals surface area contributed by atoms with E-state index in [4.69, 9.17) is 5.11 Å². The van der Waals surface area contributed by atoms with E-state index in [0.29, 0.717) is 6.54 Å². The molecule has 110 valence electrons. The van der Waals surface area contributed by atoms with Gasteiger partial charge in [-0.1, -0.05) is 54.6 Å². The SMILES string of the molecule is O=C1[C@@H]2c3ccccc3-c3ccccc3[C@H]2C=CN1CCO. The molecule has 2 aromatic rings. The lowest BCUT2D eigenvalue weighted by Crippen LogP contribution is -2.39. The molecule has 4 rings (SSSR count). The zero-order valence-corrected chi connectivity index (χ0v) is 12.1. The minimum atomic E-state index is -0.192. The maximum atomic E-state index is 12.9. The van der Waals surface area contributed by atoms with Crippen molar-refractivity contribution < 1.29 is 9.90 Å². The Balaban J connectivity index is 1.93. The Morgan fingerprint density at radius 1 is 0.955 bits per heavy atom. The first-order valence-corrected chi connectivity index (χ1v) is 7.59. The topological polar surface area (TPSA) is 40.5 Å². The van der Waals surface area contributed by atoms with Crippen LogP contribution < -0.4 is 0 Å². The van der Waals surface area contributed by atoms with Gasteiger partial charge in [-0.05, 0) is 22.3 Å². The highest BCUT2D eigenvalue weighted by atomic mass is 16.3. The average Bonchev–Trinajstić information content (AvgIpc) is 2.57. The largest absolute Gasteiger partial charge is 0.395 e. The van der Waals surface area contributed by atoms with Crippen LogP contribution in [0.25, 0.3) is 11.1 Å². The van der Waals surface area contributed by atoms with Gasteiger partial charge in [0.1, 0.15) is 0 Å². The minimum Gasteiger partial charge on any atom is -0.395 e. The molecule has 2 aliphatic rings. The van der Waals surface area contributed by atoms with E-state index in [2.05, 4.69) is 30.3 Å². The van der Waals surface area contributed by atoms with E-state index in [-0.39, 0.29) is 24.3 Å². The Labute approximate surface area is 129 Å². The van der Waals surface area contributed by atoms with E-state index in [1.165, 1.54) is 11.1 Å². The van der Waals surface area contributed by atoms with Crippen LogP contribution in [0.4, 0.5) is 0 Å². The molecule has 1 amide bonds. The molecule has 1 N–H and O–H groups in total. The van der Waals surface area contributed by atoms with Crippen molar-refractivity contribution >= 4 is 5.91 Å². The highest BCUT2D eigenvalue weighted by Gasteiger charge is 2.40. The molecular formula is C19H17NO2. The van der Waals surface area contributed by atoms with E-state index in [0.717, 1.165) is 11.1 Å². The van der Waals surface area contributed by atoms with E-state index < -0.39 is 0 Å². The van der Waals surface area contributed by atoms with Crippen LogP contribution in [-0.2, 0) is 4.79 Å². The van der Waals surface area contributed by atoms with Crippen LogP contribution in [0.15, 0.2) is 60.8 Å². The highest BCUT2D eigenvalue weighted by molar-refractivity contribution is 5.93. The molecule has 0 bridgehead atoms. The van der Waals surface area contributed by atoms with Crippen molar-refractivity contribution in [1.82, 2.24) is 4.90 Å². The van der Waals surface area contributed by atoms with Crippen LogP contribution in [0.2, 0.25) is 0 Å². The number of carbonyl (C=O) groups excluding carboxylic acids is 1. The molecule has 3 nitrogen and oxygen atoms in total. The average molecular weight is 291 g/mol. The van der Waals surface area contributed by atoms with E-state index >= 15 is 0 Å². The van der Waals surface area contributed by atoms with Gasteiger partial charge in [0.15, 0.2) is 0 Å². The number of hydrogen-bond donors (Lipinski definition) is 1. The zero-order valence-electron chi connectivity index (χ0n) is 12.1. The van der Waals surface area contributed by atoms with Crippen molar-refractivity contribution in [3.63, 3.8) is 0 Å². The van der Waals surface area contributed by atoms with Gasteiger partial charge in [-0.15, -0.1) is 0 Å². The Morgan fingerprint density at radius 3 is 2.32 bits per heavy atom. The summed E-state index contributed by atoms with van der Waals surface area (Å²) in [6, 6.07) is 16.5. The number of carbonyl (C=O) groups is 1. The number of nitrogens with zero attached hydrogens (tertiary/aromatic N) is 1. The second-order valence-electron chi connectivity index (χ2n) is 5.77. The molecule has 0 aromatic heterocycles. The summed E-state index contributed by atoms with van der Waals surface area (Å²) in [4.78, 5) is 14.5. The summed E-state index contributed by atoms with van der Waals surface area (Å²) >= 11 is 0. The lowest BCUT2D eigenvalue weighted by Gasteiger charge is -2.38. The third-order valence-corrected chi connectivity index (χ3v) is 4.63. The molecule has 1 aliphatic heterocycles. The fraction of sp³-hybridized carbons (Fsp3) is 0.211. The Bertz CT molecular complexity index is 766.